The lowest BCUT2D eigenvalue weighted by atomic mass is 9.73. The number of aliphatic hydroxyl groups is 5. The van der Waals surface area contributed by atoms with Gasteiger partial charge in [0.15, 0.2) is 12.6 Å². The first kappa shape index (κ1) is 50.4. The zero-order valence-corrected chi connectivity index (χ0v) is 38.2. The van der Waals surface area contributed by atoms with Gasteiger partial charge in [-0.2, -0.15) is 0 Å². The molecule has 3 aliphatic heterocycles. The van der Waals surface area contributed by atoms with Gasteiger partial charge in [0.05, 0.1) is 53.4 Å². The Morgan fingerprint density at radius 3 is 2.15 bits per heavy atom. The first-order valence-corrected chi connectivity index (χ1v) is 21.7. The van der Waals surface area contributed by atoms with Crippen molar-refractivity contribution in [2.24, 2.45) is 28.8 Å². The first-order chi connectivity index (χ1) is 28.0. The van der Waals surface area contributed by atoms with Crippen molar-refractivity contribution in [1.29, 1.82) is 0 Å². The summed E-state index contributed by atoms with van der Waals surface area (Å²) in [7, 11) is 5.24. The van der Waals surface area contributed by atoms with Crippen LogP contribution in [0.25, 0.3) is 0 Å². The van der Waals surface area contributed by atoms with E-state index in [9.17, 15) is 30.3 Å². The topological polar surface area (TPSA) is 198 Å². The molecular formula is C45H76N2O13. The lowest BCUT2D eigenvalue weighted by Gasteiger charge is -2.49. The van der Waals surface area contributed by atoms with Gasteiger partial charge in [0, 0.05) is 43.7 Å². The van der Waals surface area contributed by atoms with Crippen molar-refractivity contribution in [3.8, 4) is 0 Å². The molecule has 0 aliphatic carbocycles. The van der Waals surface area contributed by atoms with Gasteiger partial charge >= 0.3 is 5.97 Å². The van der Waals surface area contributed by atoms with Gasteiger partial charge in [-0.15, -0.1) is 0 Å². The number of hydrogen-bond acceptors (Lipinski definition) is 15. The normalized spacial score (nSPS) is 44.6. The fraction of sp³-hybridized carbons (Fsp3) is 0.822. The molecule has 18 atom stereocenters. The van der Waals surface area contributed by atoms with Crippen molar-refractivity contribution in [1.82, 2.24) is 4.90 Å². The van der Waals surface area contributed by atoms with Crippen LogP contribution in [0.2, 0.25) is 0 Å². The number of oxime groups is 1. The monoisotopic (exact) mass is 853 g/mol. The number of carbonyl (C=O) groups excluding carboxylic acids is 1. The second-order valence-electron chi connectivity index (χ2n) is 18.7. The molecule has 60 heavy (non-hydrogen) atoms. The van der Waals surface area contributed by atoms with Gasteiger partial charge in [-0.1, -0.05) is 63.2 Å². The number of likely N-dealkylation sites (N-methyl/N-ethyl adjacent to an activating group) is 1. The maximum atomic E-state index is 14.4. The fourth-order valence-corrected chi connectivity index (χ4v) is 9.52. The molecule has 15 heteroatoms. The molecule has 3 saturated heterocycles. The molecular weight excluding hydrogens is 776 g/mol. The minimum Gasteiger partial charge on any atom is -0.459 e. The molecule has 3 aliphatic rings. The summed E-state index contributed by atoms with van der Waals surface area (Å²) in [6.07, 6.45) is -8.71. The molecule has 3 heterocycles. The van der Waals surface area contributed by atoms with Gasteiger partial charge in [-0.3, -0.25) is 4.79 Å². The molecule has 0 saturated carbocycles. The molecule has 15 nitrogen and oxygen atoms in total. The van der Waals surface area contributed by atoms with Crippen LogP contribution in [-0.2, 0) is 44.5 Å². The average Bonchev–Trinajstić information content (AvgIpc) is 3.19. The van der Waals surface area contributed by atoms with E-state index in [1.807, 2.05) is 63.2 Å². The summed E-state index contributed by atoms with van der Waals surface area (Å²) in [6.45, 7) is 17.4. The smallest absolute Gasteiger partial charge is 0.311 e. The summed E-state index contributed by atoms with van der Waals surface area (Å²) in [5, 5.41) is 64.1. The molecule has 0 amide bonds. The zero-order chi connectivity index (χ0) is 44.9. The highest BCUT2D eigenvalue weighted by Gasteiger charge is 2.53. The van der Waals surface area contributed by atoms with E-state index < -0.39 is 102 Å². The van der Waals surface area contributed by atoms with Crippen LogP contribution >= 0.6 is 0 Å². The van der Waals surface area contributed by atoms with Crippen LogP contribution in [0.3, 0.4) is 0 Å². The Labute approximate surface area is 357 Å². The van der Waals surface area contributed by atoms with Crippen LogP contribution in [0.1, 0.15) is 100 Å². The highest BCUT2D eigenvalue weighted by Crippen LogP contribution is 2.41. The predicted octanol–water partition coefficient (Wildman–Crippen LogP) is 3.83. The maximum Gasteiger partial charge on any atom is 0.311 e. The highest BCUT2D eigenvalue weighted by atomic mass is 16.7. The highest BCUT2D eigenvalue weighted by molar-refractivity contribution is 5.88. The number of hydrogen-bond donors (Lipinski definition) is 5. The SMILES string of the molecule is CC[C@H]1OC(=O)[C@H](C)[C@@H](O[C@H]2C[C@@](C)(OC)[C@@H](O)[C@H](C)O2)[C@H](C)[C@@H](O[C@@H]2O[C@H](C)C[C@H](N(C)C)[C@H]2O)[C@@](C)(O)C[C@@H](C)/C(=N/OCCc2ccccc2)[C@H](C)[C@@H](O)[C@]1(C)O. The fourth-order valence-electron chi connectivity index (χ4n) is 9.52. The number of rotatable bonds is 11. The average molecular weight is 853 g/mol. The Bertz CT molecular complexity index is 1530. The van der Waals surface area contributed by atoms with Crippen LogP contribution in [0.15, 0.2) is 35.5 Å². The second-order valence-corrected chi connectivity index (χ2v) is 18.7. The number of ether oxygens (including phenoxy) is 6. The zero-order valence-electron chi connectivity index (χ0n) is 38.2. The van der Waals surface area contributed by atoms with Gasteiger partial charge < -0.3 is 63.7 Å². The molecule has 1 aromatic carbocycles. The Kier molecular flexibility index (Phi) is 17.6. The van der Waals surface area contributed by atoms with E-state index in [4.69, 9.17) is 33.3 Å². The van der Waals surface area contributed by atoms with Crippen molar-refractivity contribution in [2.75, 3.05) is 27.8 Å². The van der Waals surface area contributed by atoms with E-state index in [0.29, 0.717) is 18.6 Å². The van der Waals surface area contributed by atoms with Crippen molar-refractivity contribution >= 4 is 11.7 Å². The van der Waals surface area contributed by atoms with Crippen molar-refractivity contribution in [3.63, 3.8) is 0 Å². The van der Waals surface area contributed by atoms with E-state index in [0.717, 1.165) is 5.56 Å². The number of esters is 1. The van der Waals surface area contributed by atoms with E-state index in [2.05, 4.69) is 5.16 Å². The van der Waals surface area contributed by atoms with Crippen molar-refractivity contribution < 1.29 is 63.6 Å². The Hall–Kier alpha value is -2.28. The Balaban J connectivity index is 1.84. The van der Waals surface area contributed by atoms with Crippen LogP contribution < -0.4 is 0 Å². The second kappa shape index (κ2) is 20.9. The third-order valence-corrected chi connectivity index (χ3v) is 13.4. The van der Waals surface area contributed by atoms with Crippen LogP contribution in [0.4, 0.5) is 0 Å². The number of benzene rings is 1. The molecule has 3 fully saturated rings. The van der Waals surface area contributed by atoms with E-state index in [-0.39, 0.29) is 38.0 Å². The molecule has 0 bridgehead atoms. The van der Waals surface area contributed by atoms with Crippen molar-refractivity contribution in [2.45, 2.75) is 186 Å². The summed E-state index contributed by atoms with van der Waals surface area (Å²) in [4.78, 5) is 22.2. The van der Waals surface area contributed by atoms with Gasteiger partial charge in [0.25, 0.3) is 0 Å². The number of methoxy groups -OCH3 is 1. The Morgan fingerprint density at radius 2 is 1.55 bits per heavy atom. The summed E-state index contributed by atoms with van der Waals surface area (Å²) < 4.78 is 37.8. The standard InChI is InChI=1S/C45H76N2O13/c1-14-33-45(10,53)38(49)27(4)35(46-55-21-20-31-18-16-15-17-19-31)25(2)23-43(8,52)40(60-42-36(48)32(47(11)12)22-26(3)56-42)28(5)37(29(6)41(51)58-33)59-34-24-44(9,54-13)39(50)30(7)57-34/h15-19,25-30,32-34,36-40,42,48-50,52-53H,14,20-24H2,1-13H3/b46-35-/t25-,26-,27+,28+,29-,30+,32+,33-,34+,36-,37+,38-,39+,40-,42+,43+,44-,45-/m1/s1. The molecule has 0 aromatic heterocycles. The van der Waals surface area contributed by atoms with Gasteiger partial charge in [0.1, 0.15) is 30.5 Å². The Morgan fingerprint density at radius 1 is 0.900 bits per heavy atom. The first-order valence-electron chi connectivity index (χ1n) is 21.7. The molecule has 0 spiro atoms. The molecule has 5 N–H and O–H groups in total. The predicted molar refractivity (Wildman–Crippen MR) is 225 cm³/mol. The summed E-state index contributed by atoms with van der Waals surface area (Å²) in [6, 6.07) is 9.48. The van der Waals surface area contributed by atoms with E-state index in [1.54, 1.807) is 48.5 Å². The minimum atomic E-state index is -1.94. The number of nitrogens with zero attached hydrogens (tertiary/aromatic N) is 2. The quantitative estimate of drug-likeness (QED) is 0.122. The van der Waals surface area contributed by atoms with Crippen LogP contribution in [0, 0.1) is 23.7 Å². The molecule has 1 aromatic rings. The molecule has 344 valence electrons. The largest absolute Gasteiger partial charge is 0.459 e. The lowest BCUT2D eigenvalue weighted by Crippen LogP contribution is -2.61. The van der Waals surface area contributed by atoms with E-state index >= 15 is 0 Å². The van der Waals surface area contributed by atoms with Gasteiger partial charge in [-0.05, 0) is 80.5 Å². The third-order valence-electron chi connectivity index (χ3n) is 13.4. The number of carbonyl (C=O) groups is 1. The maximum absolute atomic E-state index is 14.4. The van der Waals surface area contributed by atoms with Gasteiger partial charge in [0.2, 0.25) is 0 Å². The molecule has 0 radical (unpaired) electrons. The summed E-state index contributed by atoms with van der Waals surface area (Å²) in [5.41, 5.74) is -3.31. The third kappa shape index (κ3) is 11.6. The van der Waals surface area contributed by atoms with Crippen LogP contribution in [-0.4, -0.2) is 154 Å². The van der Waals surface area contributed by atoms with Gasteiger partial charge in [-0.25, -0.2) is 0 Å². The number of cyclic esters (lactones) is 1. The van der Waals surface area contributed by atoms with Crippen molar-refractivity contribution in [3.05, 3.63) is 35.9 Å². The summed E-state index contributed by atoms with van der Waals surface area (Å²) >= 11 is 0. The molecule has 4 rings (SSSR count). The van der Waals surface area contributed by atoms with E-state index in [1.165, 1.54) is 14.0 Å². The number of aliphatic hydroxyl groups excluding tert-OH is 3. The molecule has 0 unspecified atom stereocenters. The summed E-state index contributed by atoms with van der Waals surface area (Å²) in [5.74, 6) is -4.01. The lowest BCUT2D eigenvalue weighted by molar-refractivity contribution is -0.317. The van der Waals surface area contributed by atoms with Crippen LogP contribution in [0.5, 0.6) is 0 Å². The minimum absolute atomic E-state index is 0.00518.